The minimum Gasteiger partial charge on any atom is -0.381 e. The van der Waals surface area contributed by atoms with Gasteiger partial charge in [0.2, 0.25) is 0 Å². The third-order valence-corrected chi connectivity index (χ3v) is 6.07. The highest BCUT2D eigenvalue weighted by molar-refractivity contribution is 6.32. The number of nitrogens with zero attached hydrogens (tertiary/aromatic N) is 2. The molecule has 6 heteroatoms. The van der Waals surface area contributed by atoms with Gasteiger partial charge in [-0.1, -0.05) is 54.1 Å². The monoisotopic (exact) mass is 409 g/mol. The molecule has 0 saturated carbocycles. The number of hydrogen-bond acceptors (Lipinski definition) is 4. The molecule has 29 heavy (non-hydrogen) atoms. The Kier molecular flexibility index (Phi) is 5.69. The molecule has 1 aliphatic rings. The Hall–Kier alpha value is -2.63. The van der Waals surface area contributed by atoms with Gasteiger partial charge in [0, 0.05) is 25.2 Å². The van der Waals surface area contributed by atoms with E-state index in [2.05, 4.69) is 41.6 Å². The molecule has 3 aromatic rings. The van der Waals surface area contributed by atoms with E-state index in [0.29, 0.717) is 17.9 Å². The lowest BCUT2D eigenvalue weighted by Crippen LogP contribution is -2.41. The largest absolute Gasteiger partial charge is 0.381 e. The second kappa shape index (κ2) is 8.39. The molecule has 2 aromatic carbocycles. The van der Waals surface area contributed by atoms with Crippen molar-refractivity contribution in [1.29, 1.82) is 0 Å². The lowest BCUT2D eigenvalue weighted by Gasteiger charge is -2.39. The van der Waals surface area contributed by atoms with Crippen LogP contribution in [-0.2, 0) is 10.2 Å². The van der Waals surface area contributed by atoms with E-state index in [-0.39, 0.29) is 16.0 Å². The fourth-order valence-corrected chi connectivity index (χ4v) is 4.24. The molecule has 5 nitrogen and oxygen atoms in total. The third-order valence-electron chi connectivity index (χ3n) is 5.70. The molecule has 1 aliphatic heterocycles. The van der Waals surface area contributed by atoms with Crippen LogP contribution < -0.4 is 10.9 Å². The average molecular weight is 410 g/mol. The van der Waals surface area contributed by atoms with Crippen molar-refractivity contribution in [3.05, 3.63) is 87.3 Å². The molecule has 0 atom stereocenters. The van der Waals surface area contributed by atoms with E-state index in [4.69, 9.17) is 16.3 Å². The zero-order valence-electron chi connectivity index (χ0n) is 16.4. The maximum atomic E-state index is 12.8. The van der Waals surface area contributed by atoms with Crippen molar-refractivity contribution in [2.45, 2.75) is 25.2 Å². The summed E-state index contributed by atoms with van der Waals surface area (Å²) in [5.41, 5.74) is 3.42. The molecule has 0 aliphatic carbocycles. The Morgan fingerprint density at radius 3 is 2.52 bits per heavy atom. The van der Waals surface area contributed by atoms with Crippen LogP contribution in [0.1, 0.15) is 24.0 Å². The fourth-order valence-electron chi connectivity index (χ4n) is 4.04. The number of ether oxygens (including phenoxy) is 1. The standard InChI is InChI=1S/C23H24ClN3O2/c1-17-7-5-6-10-19(17)23(11-13-29-14-12-23)16-25-20-15-26-27(22(28)21(20)24)18-8-3-2-4-9-18/h2-10,15,25H,11-14,16H2,1H3. The predicted octanol–water partition coefficient (Wildman–Crippen LogP) is 4.35. The van der Waals surface area contributed by atoms with E-state index in [0.717, 1.165) is 26.1 Å². The number of hydrogen-bond donors (Lipinski definition) is 1. The lowest BCUT2D eigenvalue weighted by molar-refractivity contribution is 0.0542. The van der Waals surface area contributed by atoms with Crippen molar-refractivity contribution in [3.8, 4) is 5.69 Å². The average Bonchev–Trinajstić information content (AvgIpc) is 2.76. The summed E-state index contributed by atoms with van der Waals surface area (Å²) in [4.78, 5) is 12.8. The Labute approximate surface area is 175 Å². The van der Waals surface area contributed by atoms with Gasteiger partial charge in [-0.25, -0.2) is 0 Å². The predicted molar refractivity (Wildman–Crippen MR) is 116 cm³/mol. The summed E-state index contributed by atoms with van der Waals surface area (Å²) in [6.07, 6.45) is 3.45. The first kappa shape index (κ1) is 19.7. The highest BCUT2D eigenvalue weighted by Gasteiger charge is 2.35. The summed E-state index contributed by atoms with van der Waals surface area (Å²) in [5.74, 6) is 0. The van der Waals surface area contributed by atoms with E-state index in [1.54, 1.807) is 6.20 Å². The molecule has 150 valence electrons. The minimum absolute atomic E-state index is 0.0682. The van der Waals surface area contributed by atoms with Gasteiger partial charge in [-0.2, -0.15) is 9.78 Å². The first-order valence-electron chi connectivity index (χ1n) is 9.82. The van der Waals surface area contributed by atoms with Crippen LogP contribution in [0.3, 0.4) is 0 Å². The zero-order valence-corrected chi connectivity index (χ0v) is 17.2. The maximum absolute atomic E-state index is 12.8. The van der Waals surface area contributed by atoms with Gasteiger partial charge in [-0.3, -0.25) is 4.79 Å². The van der Waals surface area contributed by atoms with Gasteiger partial charge in [0.05, 0.1) is 17.6 Å². The molecule has 1 saturated heterocycles. The van der Waals surface area contributed by atoms with Gasteiger partial charge in [-0.15, -0.1) is 0 Å². The Bertz CT molecular complexity index is 1040. The number of aromatic nitrogens is 2. The van der Waals surface area contributed by atoms with E-state index in [1.807, 2.05) is 30.3 Å². The topological polar surface area (TPSA) is 56.2 Å². The number of benzene rings is 2. The molecular formula is C23H24ClN3O2. The van der Waals surface area contributed by atoms with Crippen molar-refractivity contribution >= 4 is 17.3 Å². The summed E-state index contributed by atoms with van der Waals surface area (Å²) in [6.45, 7) is 4.24. The highest BCUT2D eigenvalue weighted by Crippen LogP contribution is 2.37. The van der Waals surface area contributed by atoms with Crippen LogP contribution in [0.5, 0.6) is 0 Å². The SMILES string of the molecule is Cc1ccccc1C1(CNc2cnn(-c3ccccc3)c(=O)c2Cl)CCOCC1. The molecule has 0 amide bonds. The van der Waals surface area contributed by atoms with Crippen molar-refractivity contribution in [3.63, 3.8) is 0 Å². The first-order valence-corrected chi connectivity index (χ1v) is 10.2. The van der Waals surface area contributed by atoms with Crippen molar-refractivity contribution < 1.29 is 4.74 Å². The minimum atomic E-state index is -0.334. The Balaban J connectivity index is 1.62. The van der Waals surface area contributed by atoms with Crippen LogP contribution in [0.25, 0.3) is 5.69 Å². The molecule has 0 bridgehead atoms. The van der Waals surface area contributed by atoms with Crippen LogP contribution in [0.4, 0.5) is 5.69 Å². The number of rotatable bonds is 5. The van der Waals surface area contributed by atoms with Crippen LogP contribution in [0.2, 0.25) is 5.02 Å². The summed E-state index contributed by atoms with van der Waals surface area (Å²) in [5, 5.41) is 7.87. The number of anilines is 1. The molecule has 1 fully saturated rings. The normalized spacial score (nSPS) is 15.8. The molecule has 4 rings (SSSR count). The lowest BCUT2D eigenvalue weighted by atomic mass is 9.72. The molecule has 0 radical (unpaired) electrons. The van der Waals surface area contributed by atoms with Crippen LogP contribution in [-0.4, -0.2) is 29.5 Å². The van der Waals surface area contributed by atoms with Gasteiger partial charge in [0.15, 0.2) is 0 Å². The van der Waals surface area contributed by atoms with Gasteiger partial charge in [0.25, 0.3) is 5.56 Å². The smallest absolute Gasteiger partial charge is 0.292 e. The Morgan fingerprint density at radius 2 is 1.79 bits per heavy atom. The van der Waals surface area contributed by atoms with E-state index in [9.17, 15) is 4.79 Å². The highest BCUT2D eigenvalue weighted by atomic mass is 35.5. The maximum Gasteiger partial charge on any atom is 0.292 e. The van der Waals surface area contributed by atoms with Crippen molar-refractivity contribution in [1.82, 2.24) is 9.78 Å². The molecule has 2 heterocycles. The molecule has 1 aromatic heterocycles. The summed E-state index contributed by atoms with van der Waals surface area (Å²) < 4.78 is 6.94. The van der Waals surface area contributed by atoms with E-state index >= 15 is 0 Å². The summed E-state index contributed by atoms with van der Waals surface area (Å²) >= 11 is 6.43. The summed E-state index contributed by atoms with van der Waals surface area (Å²) in [6, 6.07) is 17.7. The fraction of sp³-hybridized carbons (Fsp3) is 0.304. The number of nitrogens with one attached hydrogen (secondary N) is 1. The van der Waals surface area contributed by atoms with E-state index < -0.39 is 0 Å². The zero-order chi connectivity index (χ0) is 20.3. The van der Waals surface area contributed by atoms with Crippen LogP contribution in [0.15, 0.2) is 65.6 Å². The number of aryl methyl sites for hydroxylation is 1. The molecule has 0 spiro atoms. The molecule has 0 unspecified atom stereocenters. The molecule has 1 N–H and O–H groups in total. The first-order chi connectivity index (χ1) is 14.1. The number of para-hydroxylation sites is 1. The van der Waals surface area contributed by atoms with Gasteiger partial charge >= 0.3 is 0 Å². The van der Waals surface area contributed by atoms with Gasteiger partial charge in [0.1, 0.15) is 5.02 Å². The van der Waals surface area contributed by atoms with Crippen molar-refractivity contribution in [2.75, 3.05) is 25.1 Å². The Morgan fingerprint density at radius 1 is 1.10 bits per heavy atom. The van der Waals surface area contributed by atoms with Gasteiger partial charge < -0.3 is 10.1 Å². The third kappa shape index (κ3) is 3.93. The van der Waals surface area contributed by atoms with E-state index in [1.165, 1.54) is 15.8 Å². The van der Waals surface area contributed by atoms with Gasteiger partial charge in [-0.05, 0) is 43.0 Å². The second-order valence-electron chi connectivity index (χ2n) is 7.49. The second-order valence-corrected chi connectivity index (χ2v) is 7.86. The quantitative estimate of drug-likeness (QED) is 0.680. The number of halogens is 1. The van der Waals surface area contributed by atoms with Crippen molar-refractivity contribution in [2.24, 2.45) is 0 Å². The molecular weight excluding hydrogens is 386 g/mol. The van der Waals surface area contributed by atoms with Crippen LogP contribution in [0, 0.1) is 6.92 Å². The summed E-state index contributed by atoms with van der Waals surface area (Å²) in [7, 11) is 0. The van der Waals surface area contributed by atoms with Crippen LogP contribution >= 0.6 is 11.6 Å².